The fraction of sp³-hybridized carbons (Fsp3) is 0.188. The van der Waals surface area contributed by atoms with Crippen molar-refractivity contribution in [3.8, 4) is 0 Å². The maximum absolute atomic E-state index is 12.9. The summed E-state index contributed by atoms with van der Waals surface area (Å²) in [5, 5.41) is -0.423. The maximum atomic E-state index is 12.9. The Bertz CT molecular complexity index is 578. The molecule has 98 valence electrons. The fourth-order valence-electron chi connectivity index (χ4n) is 2.10. The first-order chi connectivity index (χ1) is 9.06. The molecule has 0 heterocycles. The molecule has 2 aromatic carbocycles. The molecule has 0 amide bonds. The molecule has 1 nitrogen and oxygen atoms in total. The van der Waals surface area contributed by atoms with Crippen molar-refractivity contribution in [1.82, 2.24) is 0 Å². The zero-order chi connectivity index (χ0) is 13.8. The van der Waals surface area contributed by atoms with Crippen LogP contribution in [0, 0.1) is 12.7 Å². The van der Waals surface area contributed by atoms with Crippen molar-refractivity contribution in [2.24, 2.45) is 0 Å². The SMILES string of the molecule is Cc1cccc(CC(C(=O)Cl)c2ccc(F)cc2)c1. The molecule has 0 N–H and O–H groups in total. The van der Waals surface area contributed by atoms with E-state index in [1.165, 1.54) is 12.1 Å². The van der Waals surface area contributed by atoms with E-state index in [2.05, 4.69) is 0 Å². The highest BCUT2D eigenvalue weighted by molar-refractivity contribution is 6.64. The van der Waals surface area contributed by atoms with E-state index in [4.69, 9.17) is 11.6 Å². The van der Waals surface area contributed by atoms with Crippen LogP contribution in [-0.2, 0) is 11.2 Å². The van der Waals surface area contributed by atoms with Crippen LogP contribution in [0.5, 0.6) is 0 Å². The van der Waals surface area contributed by atoms with Crippen molar-refractivity contribution in [2.45, 2.75) is 19.3 Å². The van der Waals surface area contributed by atoms with Gasteiger partial charge in [-0.1, -0.05) is 42.0 Å². The summed E-state index contributed by atoms with van der Waals surface area (Å²) in [5.41, 5.74) is 2.92. The third-order valence-electron chi connectivity index (χ3n) is 3.07. The first kappa shape index (κ1) is 13.8. The van der Waals surface area contributed by atoms with E-state index in [9.17, 15) is 9.18 Å². The molecule has 0 aromatic heterocycles. The highest BCUT2D eigenvalue weighted by Gasteiger charge is 2.19. The number of hydrogen-bond donors (Lipinski definition) is 0. The summed E-state index contributed by atoms with van der Waals surface area (Å²) in [6, 6.07) is 13.8. The van der Waals surface area contributed by atoms with Crippen LogP contribution in [0.1, 0.15) is 22.6 Å². The van der Waals surface area contributed by atoms with E-state index in [1.807, 2.05) is 31.2 Å². The average molecular weight is 277 g/mol. The standard InChI is InChI=1S/C16H14ClFO/c1-11-3-2-4-12(9-11)10-15(16(17)19)13-5-7-14(18)8-6-13/h2-9,15H,10H2,1H3. The lowest BCUT2D eigenvalue weighted by Crippen LogP contribution is -2.10. The van der Waals surface area contributed by atoms with E-state index in [1.54, 1.807) is 12.1 Å². The van der Waals surface area contributed by atoms with E-state index in [-0.39, 0.29) is 5.82 Å². The Labute approximate surface area is 117 Å². The Balaban J connectivity index is 2.26. The minimum atomic E-state index is -0.441. The van der Waals surface area contributed by atoms with E-state index in [0.717, 1.165) is 16.7 Å². The average Bonchev–Trinajstić information content (AvgIpc) is 2.37. The normalized spacial score (nSPS) is 12.2. The zero-order valence-corrected chi connectivity index (χ0v) is 11.3. The lowest BCUT2D eigenvalue weighted by molar-refractivity contribution is -0.113. The first-order valence-electron chi connectivity index (χ1n) is 6.06. The molecular weight excluding hydrogens is 263 g/mol. The minimum Gasteiger partial charge on any atom is -0.281 e. The summed E-state index contributed by atoms with van der Waals surface area (Å²) in [6.45, 7) is 2.00. The molecule has 0 radical (unpaired) electrons. The maximum Gasteiger partial charge on any atom is 0.229 e. The molecule has 0 aliphatic heterocycles. The minimum absolute atomic E-state index is 0.319. The highest BCUT2D eigenvalue weighted by Crippen LogP contribution is 2.24. The molecule has 2 aromatic rings. The largest absolute Gasteiger partial charge is 0.281 e. The van der Waals surface area contributed by atoms with Gasteiger partial charge in [-0.2, -0.15) is 0 Å². The molecule has 1 unspecified atom stereocenters. The molecule has 0 spiro atoms. The van der Waals surface area contributed by atoms with Gasteiger partial charge in [0, 0.05) is 0 Å². The Kier molecular flexibility index (Phi) is 4.33. The van der Waals surface area contributed by atoms with Crippen LogP contribution in [0.15, 0.2) is 48.5 Å². The molecule has 0 bridgehead atoms. The van der Waals surface area contributed by atoms with Crippen LogP contribution in [0.4, 0.5) is 4.39 Å². The molecule has 2 rings (SSSR count). The van der Waals surface area contributed by atoms with Gasteiger partial charge in [0.25, 0.3) is 0 Å². The monoisotopic (exact) mass is 276 g/mol. The summed E-state index contributed by atoms with van der Waals surface area (Å²) in [4.78, 5) is 11.6. The molecule has 0 saturated carbocycles. The molecule has 0 saturated heterocycles. The van der Waals surface area contributed by atoms with Gasteiger partial charge in [-0.05, 0) is 48.2 Å². The molecule has 0 fully saturated rings. The second kappa shape index (κ2) is 5.98. The topological polar surface area (TPSA) is 17.1 Å². The lowest BCUT2D eigenvalue weighted by atomic mass is 9.92. The number of halogens is 2. The van der Waals surface area contributed by atoms with Gasteiger partial charge in [-0.15, -0.1) is 0 Å². The van der Waals surface area contributed by atoms with Crippen molar-refractivity contribution in [3.63, 3.8) is 0 Å². The molecular formula is C16H14ClFO. The predicted molar refractivity (Wildman–Crippen MR) is 74.9 cm³/mol. The number of benzene rings is 2. The Morgan fingerprint density at radius 1 is 1.21 bits per heavy atom. The Hall–Kier alpha value is -1.67. The zero-order valence-electron chi connectivity index (χ0n) is 10.6. The second-order valence-electron chi connectivity index (χ2n) is 4.60. The second-order valence-corrected chi connectivity index (χ2v) is 4.97. The Morgan fingerprint density at radius 3 is 2.47 bits per heavy atom. The van der Waals surface area contributed by atoms with Crippen molar-refractivity contribution in [1.29, 1.82) is 0 Å². The van der Waals surface area contributed by atoms with E-state index >= 15 is 0 Å². The quantitative estimate of drug-likeness (QED) is 0.764. The van der Waals surface area contributed by atoms with Crippen molar-refractivity contribution in [3.05, 3.63) is 71.0 Å². The smallest absolute Gasteiger partial charge is 0.229 e. The van der Waals surface area contributed by atoms with Gasteiger partial charge in [-0.3, -0.25) is 4.79 Å². The van der Waals surface area contributed by atoms with Crippen molar-refractivity contribution in [2.75, 3.05) is 0 Å². The number of carbonyl (C=O) groups is 1. The van der Waals surface area contributed by atoms with Crippen molar-refractivity contribution < 1.29 is 9.18 Å². The summed E-state index contributed by atoms with van der Waals surface area (Å²) < 4.78 is 12.9. The van der Waals surface area contributed by atoms with Crippen LogP contribution < -0.4 is 0 Å². The van der Waals surface area contributed by atoms with Gasteiger partial charge in [-0.25, -0.2) is 4.39 Å². The van der Waals surface area contributed by atoms with Crippen LogP contribution >= 0.6 is 11.6 Å². The van der Waals surface area contributed by atoms with E-state index in [0.29, 0.717) is 6.42 Å². The van der Waals surface area contributed by atoms with Gasteiger partial charge in [0.15, 0.2) is 0 Å². The van der Waals surface area contributed by atoms with Crippen LogP contribution in [0.25, 0.3) is 0 Å². The first-order valence-corrected chi connectivity index (χ1v) is 6.44. The van der Waals surface area contributed by atoms with Gasteiger partial charge < -0.3 is 0 Å². The third-order valence-corrected chi connectivity index (χ3v) is 3.33. The number of carbonyl (C=O) groups excluding carboxylic acids is 1. The molecule has 0 aliphatic rings. The van der Waals surface area contributed by atoms with Gasteiger partial charge in [0.2, 0.25) is 5.24 Å². The molecule has 3 heteroatoms. The number of aryl methyl sites for hydroxylation is 1. The summed E-state index contributed by atoms with van der Waals surface area (Å²) in [6.07, 6.45) is 0.523. The number of hydrogen-bond acceptors (Lipinski definition) is 1. The van der Waals surface area contributed by atoms with Crippen molar-refractivity contribution >= 4 is 16.8 Å². The Morgan fingerprint density at radius 2 is 1.89 bits per heavy atom. The van der Waals surface area contributed by atoms with Crippen LogP contribution in [0.2, 0.25) is 0 Å². The summed E-state index contributed by atoms with van der Waals surface area (Å²) >= 11 is 5.68. The molecule has 19 heavy (non-hydrogen) atoms. The molecule has 0 aliphatic carbocycles. The van der Waals surface area contributed by atoms with Gasteiger partial charge >= 0.3 is 0 Å². The predicted octanol–water partition coefficient (Wildman–Crippen LogP) is 4.23. The lowest BCUT2D eigenvalue weighted by Gasteiger charge is -2.13. The summed E-state index contributed by atoms with van der Waals surface area (Å²) in [7, 11) is 0. The summed E-state index contributed by atoms with van der Waals surface area (Å²) in [5.74, 6) is -0.760. The molecule has 1 atom stereocenters. The highest BCUT2D eigenvalue weighted by atomic mass is 35.5. The fourth-order valence-corrected chi connectivity index (χ4v) is 2.30. The van der Waals surface area contributed by atoms with Gasteiger partial charge in [0.05, 0.1) is 5.92 Å². The van der Waals surface area contributed by atoms with Gasteiger partial charge in [0.1, 0.15) is 5.82 Å². The number of rotatable bonds is 4. The van der Waals surface area contributed by atoms with Crippen LogP contribution in [0.3, 0.4) is 0 Å². The van der Waals surface area contributed by atoms with E-state index < -0.39 is 11.2 Å². The third kappa shape index (κ3) is 3.65. The van der Waals surface area contributed by atoms with Crippen LogP contribution in [-0.4, -0.2) is 5.24 Å².